The molecule has 23 heavy (non-hydrogen) atoms. The van der Waals surface area contributed by atoms with Crippen LogP contribution in [0.25, 0.3) is 0 Å². The Balaban J connectivity index is 1.42. The van der Waals surface area contributed by atoms with Crippen molar-refractivity contribution in [2.45, 2.75) is 31.8 Å². The molecule has 3 heterocycles. The van der Waals surface area contributed by atoms with Crippen molar-refractivity contribution in [2.24, 2.45) is 0 Å². The zero-order valence-corrected chi connectivity index (χ0v) is 14.1. The van der Waals surface area contributed by atoms with Crippen molar-refractivity contribution in [1.29, 1.82) is 0 Å². The molecular formula is C18H28N4O. The van der Waals surface area contributed by atoms with Gasteiger partial charge in [-0.05, 0) is 44.6 Å². The first-order chi connectivity index (χ1) is 11.2. The Morgan fingerprint density at radius 3 is 2.74 bits per heavy atom. The van der Waals surface area contributed by atoms with Gasteiger partial charge in [0.05, 0.1) is 11.7 Å². The van der Waals surface area contributed by atoms with Crippen LogP contribution >= 0.6 is 0 Å². The predicted octanol–water partition coefficient (Wildman–Crippen LogP) is 1.64. The van der Waals surface area contributed by atoms with Crippen molar-refractivity contribution in [3.63, 3.8) is 0 Å². The van der Waals surface area contributed by atoms with Crippen LogP contribution in [0.4, 0.5) is 11.4 Å². The van der Waals surface area contributed by atoms with E-state index in [0.717, 1.165) is 43.7 Å². The number of rotatable bonds is 2. The van der Waals surface area contributed by atoms with Crippen LogP contribution in [0.5, 0.6) is 5.75 Å². The Kier molecular flexibility index (Phi) is 4.07. The number of likely N-dealkylation sites (tertiary alicyclic amines) is 1. The lowest BCUT2D eigenvalue weighted by molar-refractivity contribution is 0.0810. The summed E-state index contributed by atoms with van der Waals surface area (Å²) in [5.41, 5.74) is 7.88. The maximum absolute atomic E-state index is 5.99. The summed E-state index contributed by atoms with van der Waals surface area (Å²) in [6.07, 6.45) is 2.63. The van der Waals surface area contributed by atoms with Gasteiger partial charge in [-0.1, -0.05) is 6.92 Å². The van der Waals surface area contributed by atoms with E-state index in [-0.39, 0.29) is 0 Å². The van der Waals surface area contributed by atoms with Crippen LogP contribution in [-0.2, 0) is 0 Å². The minimum atomic E-state index is 0.476. The van der Waals surface area contributed by atoms with Gasteiger partial charge in [0.15, 0.2) is 0 Å². The van der Waals surface area contributed by atoms with E-state index in [1.165, 1.54) is 38.2 Å². The van der Waals surface area contributed by atoms with Crippen molar-refractivity contribution in [3.05, 3.63) is 18.2 Å². The summed E-state index contributed by atoms with van der Waals surface area (Å²) >= 11 is 0. The summed E-state index contributed by atoms with van der Waals surface area (Å²) in [4.78, 5) is 7.80. The van der Waals surface area contributed by atoms with Crippen molar-refractivity contribution < 1.29 is 4.74 Å². The molecule has 0 spiro atoms. The molecule has 1 aromatic rings. The van der Waals surface area contributed by atoms with Gasteiger partial charge in [0.1, 0.15) is 12.4 Å². The van der Waals surface area contributed by atoms with Crippen molar-refractivity contribution in [1.82, 2.24) is 9.80 Å². The smallest absolute Gasteiger partial charge is 0.144 e. The van der Waals surface area contributed by atoms with Gasteiger partial charge >= 0.3 is 0 Å². The number of nitrogens with zero attached hydrogens (tertiary/aromatic N) is 3. The zero-order chi connectivity index (χ0) is 15.8. The van der Waals surface area contributed by atoms with Crippen LogP contribution in [0.1, 0.15) is 19.8 Å². The summed E-state index contributed by atoms with van der Waals surface area (Å²) in [5, 5.41) is 0. The number of ether oxygens (including phenoxy) is 1. The van der Waals surface area contributed by atoms with E-state index in [2.05, 4.69) is 27.7 Å². The standard InChI is InChI=1S/C18H28N4O/c1-2-20-7-5-15(6-8-20)21-9-10-22-16(12-21)13-23-18-11-14(19)3-4-17(18)22/h3-4,11,15-16H,2,5-10,12-13,19H2,1H3/t16-/m0/s1. The summed E-state index contributed by atoms with van der Waals surface area (Å²) < 4.78 is 5.99. The first-order valence-corrected chi connectivity index (χ1v) is 9.00. The molecule has 3 aliphatic heterocycles. The quantitative estimate of drug-likeness (QED) is 0.840. The third-order valence-electron chi connectivity index (χ3n) is 5.76. The minimum absolute atomic E-state index is 0.476. The van der Waals surface area contributed by atoms with Crippen molar-refractivity contribution in [3.8, 4) is 5.75 Å². The number of hydrogen-bond donors (Lipinski definition) is 1. The third kappa shape index (κ3) is 2.88. The van der Waals surface area contributed by atoms with Gasteiger partial charge in [0, 0.05) is 37.4 Å². The zero-order valence-electron chi connectivity index (χ0n) is 14.1. The topological polar surface area (TPSA) is 45.0 Å². The van der Waals surface area contributed by atoms with Crippen LogP contribution in [0, 0.1) is 0 Å². The maximum atomic E-state index is 5.99. The Labute approximate surface area is 139 Å². The van der Waals surface area contributed by atoms with Gasteiger partial charge in [-0.15, -0.1) is 0 Å². The van der Waals surface area contributed by atoms with Crippen molar-refractivity contribution >= 4 is 11.4 Å². The molecule has 3 aliphatic rings. The highest BCUT2D eigenvalue weighted by atomic mass is 16.5. The normalized spacial score (nSPS) is 26.5. The molecule has 2 fully saturated rings. The highest BCUT2D eigenvalue weighted by Crippen LogP contribution is 2.37. The number of hydrogen-bond acceptors (Lipinski definition) is 5. The number of benzene rings is 1. The predicted molar refractivity (Wildman–Crippen MR) is 94.2 cm³/mol. The molecule has 0 amide bonds. The summed E-state index contributed by atoms with van der Waals surface area (Å²) in [6, 6.07) is 7.29. The number of piperidine rings is 1. The second kappa shape index (κ2) is 6.21. The highest BCUT2D eigenvalue weighted by Gasteiger charge is 2.35. The van der Waals surface area contributed by atoms with Crippen LogP contribution < -0.4 is 15.4 Å². The monoisotopic (exact) mass is 316 g/mol. The van der Waals surface area contributed by atoms with E-state index in [9.17, 15) is 0 Å². The largest absolute Gasteiger partial charge is 0.489 e. The van der Waals surface area contributed by atoms with Crippen LogP contribution in [0.2, 0.25) is 0 Å². The molecule has 0 bridgehead atoms. The van der Waals surface area contributed by atoms with Gasteiger partial charge in [-0.25, -0.2) is 0 Å². The number of piperazine rings is 1. The first-order valence-electron chi connectivity index (χ1n) is 9.00. The fourth-order valence-corrected chi connectivity index (χ4v) is 4.34. The molecule has 0 unspecified atom stereocenters. The van der Waals surface area contributed by atoms with Gasteiger partial charge < -0.3 is 20.3 Å². The molecule has 0 radical (unpaired) electrons. The fraction of sp³-hybridized carbons (Fsp3) is 0.667. The average molecular weight is 316 g/mol. The Morgan fingerprint density at radius 2 is 1.96 bits per heavy atom. The minimum Gasteiger partial charge on any atom is -0.489 e. The number of anilines is 2. The Bertz CT molecular complexity index is 556. The van der Waals surface area contributed by atoms with E-state index < -0.39 is 0 Å². The summed E-state index contributed by atoms with van der Waals surface area (Å²) in [7, 11) is 0. The molecular weight excluding hydrogens is 288 g/mol. The average Bonchev–Trinajstić information content (AvgIpc) is 2.61. The fourth-order valence-electron chi connectivity index (χ4n) is 4.34. The SMILES string of the molecule is CCN1CCC(N2CCN3c4ccc(N)cc4OC[C@@H]3C2)CC1. The molecule has 1 atom stereocenters. The number of fused-ring (bicyclic) bond motifs is 3. The lowest BCUT2D eigenvalue weighted by atomic mass is 10.00. The summed E-state index contributed by atoms with van der Waals surface area (Å²) in [6.45, 7) is 10.1. The van der Waals surface area contributed by atoms with Crippen LogP contribution in [0.15, 0.2) is 18.2 Å². The van der Waals surface area contributed by atoms with Gasteiger partial charge in [0.2, 0.25) is 0 Å². The molecule has 4 rings (SSSR count). The Hall–Kier alpha value is -1.46. The van der Waals surface area contributed by atoms with E-state index in [1.807, 2.05) is 12.1 Å². The lowest BCUT2D eigenvalue weighted by Crippen LogP contribution is -2.60. The highest BCUT2D eigenvalue weighted by molar-refractivity contribution is 5.66. The molecule has 0 aliphatic carbocycles. The van der Waals surface area contributed by atoms with E-state index in [4.69, 9.17) is 10.5 Å². The molecule has 5 nitrogen and oxygen atoms in total. The van der Waals surface area contributed by atoms with Gasteiger partial charge in [-0.3, -0.25) is 4.90 Å². The molecule has 0 saturated carbocycles. The number of nitrogens with two attached hydrogens (primary N) is 1. The molecule has 126 valence electrons. The van der Waals surface area contributed by atoms with E-state index in [0.29, 0.717) is 6.04 Å². The van der Waals surface area contributed by atoms with Crippen LogP contribution in [0.3, 0.4) is 0 Å². The summed E-state index contributed by atoms with van der Waals surface area (Å²) in [5.74, 6) is 0.950. The van der Waals surface area contributed by atoms with Crippen LogP contribution in [-0.4, -0.2) is 67.8 Å². The number of nitrogen functional groups attached to an aromatic ring is 1. The molecule has 5 heteroatoms. The third-order valence-corrected chi connectivity index (χ3v) is 5.76. The van der Waals surface area contributed by atoms with Gasteiger partial charge in [0.25, 0.3) is 0 Å². The van der Waals surface area contributed by atoms with Crippen molar-refractivity contribution in [2.75, 3.05) is 56.5 Å². The lowest BCUT2D eigenvalue weighted by Gasteiger charge is -2.49. The van der Waals surface area contributed by atoms with Gasteiger partial charge in [-0.2, -0.15) is 0 Å². The first kappa shape index (κ1) is 15.1. The molecule has 0 aromatic heterocycles. The molecule has 2 N–H and O–H groups in total. The maximum Gasteiger partial charge on any atom is 0.144 e. The second-order valence-corrected chi connectivity index (χ2v) is 7.05. The van der Waals surface area contributed by atoms with E-state index >= 15 is 0 Å². The Morgan fingerprint density at radius 1 is 1.13 bits per heavy atom. The molecule has 1 aromatic carbocycles. The molecule has 2 saturated heterocycles. The van der Waals surface area contributed by atoms with E-state index in [1.54, 1.807) is 0 Å². The second-order valence-electron chi connectivity index (χ2n) is 7.05.